The first-order valence-electron chi connectivity index (χ1n) is 42.9. The van der Waals surface area contributed by atoms with Crippen molar-refractivity contribution < 1.29 is 80.2 Å². The third kappa shape index (κ3) is 74.9. The number of esters is 4. The van der Waals surface area contributed by atoms with E-state index in [-0.39, 0.29) is 25.7 Å². The second kappa shape index (κ2) is 73.2. The molecule has 3 unspecified atom stereocenters. The van der Waals surface area contributed by atoms with Crippen molar-refractivity contribution in [2.24, 2.45) is 17.8 Å². The lowest BCUT2D eigenvalue weighted by molar-refractivity contribution is -0.161. The predicted molar refractivity (Wildman–Crippen MR) is 418 cm³/mol. The van der Waals surface area contributed by atoms with Gasteiger partial charge in [0.1, 0.15) is 19.3 Å². The van der Waals surface area contributed by atoms with Crippen molar-refractivity contribution in [1.82, 2.24) is 0 Å². The molecule has 0 saturated carbocycles. The average molecular weight is 1490 g/mol. The van der Waals surface area contributed by atoms with Gasteiger partial charge < -0.3 is 33.8 Å². The van der Waals surface area contributed by atoms with Gasteiger partial charge in [-0.1, -0.05) is 382 Å². The van der Waals surface area contributed by atoms with Crippen molar-refractivity contribution in [3.8, 4) is 0 Å². The van der Waals surface area contributed by atoms with Crippen LogP contribution < -0.4 is 0 Å². The quantitative estimate of drug-likeness (QED) is 0.0222. The van der Waals surface area contributed by atoms with Crippen molar-refractivity contribution in [2.75, 3.05) is 39.6 Å². The summed E-state index contributed by atoms with van der Waals surface area (Å²) in [6.07, 6.45) is 62.6. The fraction of sp³-hybridized carbons (Fsp3) is 0.952. The van der Waals surface area contributed by atoms with Crippen molar-refractivity contribution in [3.63, 3.8) is 0 Å². The monoisotopic (exact) mass is 1490 g/mol. The summed E-state index contributed by atoms with van der Waals surface area (Å²) in [4.78, 5) is 73.1. The first-order valence-corrected chi connectivity index (χ1v) is 45.9. The summed E-state index contributed by atoms with van der Waals surface area (Å²) >= 11 is 0. The summed E-state index contributed by atoms with van der Waals surface area (Å²) in [6, 6.07) is 0. The smallest absolute Gasteiger partial charge is 0.462 e. The number of ether oxygens (including phenoxy) is 4. The Labute approximate surface area is 626 Å². The standard InChI is InChI=1S/C83H162O17P2/c1-8-10-11-12-13-14-15-16-17-20-24-27-30-36-43-50-57-64-80(85)93-70-78(99-82(87)66-59-52-44-37-31-28-25-22-19-18-21-23-26-29-35-42-49-56-63-76(7)9-2)72-97-101(89,90)95-68-77(84)69-96-102(91,92)98-73-79(71-94-81(86)65-58-51-46-39-41-48-55-62-75(5)6)100-83(88)67-60-53-45-38-33-32-34-40-47-54-61-74(3)4/h74-79,84H,8-73H2,1-7H3,(H,89,90)(H,91,92)/t76?,77-,78-,79-/m1/s1. The van der Waals surface area contributed by atoms with Gasteiger partial charge in [-0.05, 0) is 43.4 Å². The molecule has 17 nitrogen and oxygen atoms in total. The SMILES string of the molecule is CCCCCCCCCCCCCCCCCCCC(=O)OC[C@H](COP(=O)(O)OC[C@@H](O)COP(=O)(O)OC[C@@H](COC(=O)CCCCCCCCCC(C)C)OC(=O)CCCCCCCCCCCCC(C)C)OC(=O)CCCCCCCCCCCCCCCCCCCCC(C)CC. The fourth-order valence-electron chi connectivity index (χ4n) is 12.8. The van der Waals surface area contributed by atoms with Crippen LogP contribution in [0.4, 0.5) is 0 Å². The molecule has 0 heterocycles. The average Bonchev–Trinajstić information content (AvgIpc) is 0.924. The molecule has 6 atom stereocenters. The highest BCUT2D eigenvalue weighted by atomic mass is 31.2. The molecule has 102 heavy (non-hydrogen) atoms. The van der Waals surface area contributed by atoms with Gasteiger partial charge in [0.2, 0.25) is 0 Å². The molecule has 3 N–H and O–H groups in total. The van der Waals surface area contributed by atoms with Crippen LogP contribution in [-0.2, 0) is 65.4 Å². The van der Waals surface area contributed by atoms with Crippen molar-refractivity contribution in [1.29, 1.82) is 0 Å². The Morgan fingerprint density at radius 2 is 0.500 bits per heavy atom. The van der Waals surface area contributed by atoms with E-state index >= 15 is 0 Å². The molecule has 0 aromatic carbocycles. The highest BCUT2D eigenvalue weighted by Crippen LogP contribution is 2.45. The minimum atomic E-state index is -4.96. The predicted octanol–water partition coefficient (Wildman–Crippen LogP) is 24.9. The largest absolute Gasteiger partial charge is 0.472 e. The van der Waals surface area contributed by atoms with Gasteiger partial charge in [0.05, 0.1) is 26.4 Å². The highest BCUT2D eigenvalue weighted by molar-refractivity contribution is 7.47. The number of unbranched alkanes of at least 4 members (excludes halogenated alkanes) is 48. The van der Waals surface area contributed by atoms with Crippen LogP contribution in [0.5, 0.6) is 0 Å². The maximum atomic E-state index is 13.1. The lowest BCUT2D eigenvalue weighted by Gasteiger charge is -2.21. The maximum Gasteiger partial charge on any atom is 0.472 e. The van der Waals surface area contributed by atoms with E-state index in [9.17, 15) is 43.2 Å². The van der Waals surface area contributed by atoms with Gasteiger partial charge in [-0.2, -0.15) is 0 Å². The minimum absolute atomic E-state index is 0.105. The zero-order chi connectivity index (χ0) is 75.1. The summed E-state index contributed by atoms with van der Waals surface area (Å²) in [5.41, 5.74) is 0. The van der Waals surface area contributed by atoms with Gasteiger partial charge in [0.15, 0.2) is 12.2 Å². The van der Waals surface area contributed by atoms with Crippen molar-refractivity contribution >= 4 is 39.5 Å². The number of phosphoric ester groups is 2. The van der Waals surface area contributed by atoms with E-state index in [0.717, 1.165) is 108 Å². The van der Waals surface area contributed by atoms with E-state index in [4.69, 9.17) is 37.0 Å². The number of hydrogen-bond acceptors (Lipinski definition) is 15. The minimum Gasteiger partial charge on any atom is -0.462 e. The molecule has 0 bridgehead atoms. The molecule has 0 aromatic rings. The molecular formula is C83H162O17P2. The molecule has 0 radical (unpaired) electrons. The van der Waals surface area contributed by atoms with E-state index < -0.39 is 97.5 Å². The number of phosphoric acid groups is 2. The molecule has 0 aliphatic rings. The second-order valence-corrected chi connectivity index (χ2v) is 34.0. The summed E-state index contributed by atoms with van der Waals surface area (Å²) < 4.78 is 68.7. The van der Waals surface area contributed by atoms with Crippen LogP contribution in [0.2, 0.25) is 0 Å². The van der Waals surface area contributed by atoms with Crippen molar-refractivity contribution in [3.05, 3.63) is 0 Å². The topological polar surface area (TPSA) is 237 Å². The van der Waals surface area contributed by atoms with Crippen LogP contribution in [0, 0.1) is 17.8 Å². The highest BCUT2D eigenvalue weighted by Gasteiger charge is 2.30. The molecule has 0 spiro atoms. The van der Waals surface area contributed by atoms with Gasteiger partial charge in [-0.25, -0.2) is 9.13 Å². The lowest BCUT2D eigenvalue weighted by atomic mass is 9.99. The Morgan fingerprint density at radius 1 is 0.284 bits per heavy atom. The Morgan fingerprint density at radius 3 is 0.745 bits per heavy atom. The van der Waals surface area contributed by atoms with Crippen LogP contribution in [-0.4, -0.2) is 96.7 Å². The van der Waals surface area contributed by atoms with Crippen LogP contribution in [0.15, 0.2) is 0 Å². The summed E-state index contributed by atoms with van der Waals surface area (Å²) in [7, 11) is -9.92. The molecule has 606 valence electrons. The number of carbonyl (C=O) groups is 4. The molecule has 0 aliphatic heterocycles. The normalized spacial score (nSPS) is 14.2. The molecule has 0 amide bonds. The third-order valence-corrected chi connectivity index (χ3v) is 21.6. The Bertz CT molecular complexity index is 1980. The number of hydrogen-bond donors (Lipinski definition) is 3. The molecular weight excluding hydrogens is 1330 g/mol. The number of carbonyl (C=O) groups excluding carboxylic acids is 4. The molecule has 19 heteroatoms. The van der Waals surface area contributed by atoms with Crippen LogP contribution in [0.3, 0.4) is 0 Å². The summed E-state index contributed by atoms with van der Waals surface area (Å²) in [5.74, 6) is 0.218. The Balaban J connectivity index is 5.22. The zero-order valence-corrected chi connectivity index (χ0v) is 68.9. The van der Waals surface area contributed by atoms with Crippen LogP contribution >= 0.6 is 15.6 Å². The zero-order valence-electron chi connectivity index (χ0n) is 67.1. The van der Waals surface area contributed by atoms with E-state index in [0.29, 0.717) is 31.6 Å². The van der Waals surface area contributed by atoms with E-state index in [1.807, 2.05) is 0 Å². The van der Waals surface area contributed by atoms with Crippen LogP contribution in [0.25, 0.3) is 0 Å². The van der Waals surface area contributed by atoms with Gasteiger partial charge in [0.25, 0.3) is 0 Å². The maximum absolute atomic E-state index is 13.1. The van der Waals surface area contributed by atoms with Gasteiger partial charge in [0, 0.05) is 25.7 Å². The molecule has 0 aromatic heterocycles. The van der Waals surface area contributed by atoms with Crippen molar-refractivity contribution in [2.45, 2.75) is 452 Å². The number of rotatable bonds is 81. The summed E-state index contributed by atoms with van der Waals surface area (Å²) in [5, 5.41) is 10.6. The Hall–Kier alpha value is -1.94. The third-order valence-electron chi connectivity index (χ3n) is 19.7. The molecule has 0 fully saturated rings. The lowest BCUT2D eigenvalue weighted by Crippen LogP contribution is -2.30. The molecule has 0 rings (SSSR count). The number of aliphatic hydroxyl groups is 1. The Kier molecular flexibility index (Phi) is 71.8. The number of aliphatic hydroxyl groups excluding tert-OH is 1. The first-order chi connectivity index (χ1) is 49.3. The van der Waals surface area contributed by atoms with E-state index in [2.05, 4.69) is 48.5 Å². The molecule has 0 saturated heterocycles. The van der Waals surface area contributed by atoms with E-state index in [1.54, 1.807) is 0 Å². The first kappa shape index (κ1) is 100. The summed E-state index contributed by atoms with van der Waals surface area (Å²) in [6.45, 7) is 12.0. The van der Waals surface area contributed by atoms with Crippen LogP contribution in [0.1, 0.15) is 434 Å². The van der Waals surface area contributed by atoms with Gasteiger partial charge >= 0.3 is 39.5 Å². The fourth-order valence-corrected chi connectivity index (χ4v) is 14.4. The van der Waals surface area contributed by atoms with Gasteiger partial charge in [-0.3, -0.25) is 37.3 Å². The van der Waals surface area contributed by atoms with E-state index in [1.165, 1.54) is 238 Å². The second-order valence-electron chi connectivity index (χ2n) is 31.1. The van der Waals surface area contributed by atoms with Gasteiger partial charge in [-0.15, -0.1) is 0 Å². The molecule has 0 aliphatic carbocycles.